The summed E-state index contributed by atoms with van der Waals surface area (Å²) in [6.07, 6.45) is 3.80. The molecule has 5 heteroatoms. The Balaban J connectivity index is 1.94. The van der Waals surface area contributed by atoms with Crippen LogP contribution in [0.5, 0.6) is 0 Å². The molecule has 1 aromatic rings. The molecular weight excluding hydrogens is 274 g/mol. The molecule has 0 atom stereocenters. The van der Waals surface area contributed by atoms with Gasteiger partial charge in [-0.05, 0) is 51.2 Å². The van der Waals surface area contributed by atoms with Crippen molar-refractivity contribution in [3.8, 4) is 12.1 Å². The fraction of sp³-hybridized carbons (Fsp3) is 0.412. The van der Waals surface area contributed by atoms with Crippen LogP contribution in [0, 0.1) is 22.7 Å². The predicted octanol–water partition coefficient (Wildman–Crippen LogP) is 2.56. The summed E-state index contributed by atoms with van der Waals surface area (Å²) in [4.78, 5) is 4.70. The molecule has 5 nitrogen and oxygen atoms in total. The summed E-state index contributed by atoms with van der Waals surface area (Å²) in [5.74, 6) is 0. The average Bonchev–Trinajstić information content (AvgIpc) is 2.56. The lowest BCUT2D eigenvalue weighted by Gasteiger charge is -2.36. The number of allylic oxidation sites excluding steroid dienone is 1. The van der Waals surface area contributed by atoms with Crippen molar-refractivity contribution in [2.24, 2.45) is 0 Å². The first-order valence-corrected chi connectivity index (χ1v) is 7.42. The molecule has 1 heterocycles. The summed E-state index contributed by atoms with van der Waals surface area (Å²) in [5, 5.41) is 20.3. The van der Waals surface area contributed by atoms with E-state index in [9.17, 15) is 0 Å². The van der Waals surface area contributed by atoms with Gasteiger partial charge in [0.1, 0.15) is 17.7 Å². The molecule has 114 valence electrons. The van der Waals surface area contributed by atoms with Crippen LogP contribution >= 0.6 is 0 Å². The fourth-order valence-electron chi connectivity index (χ4n) is 2.65. The van der Waals surface area contributed by atoms with Gasteiger partial charge in [0.2, 0.25) is 0 Å². The second-order valence-electron chi connectivity index (χ2n) is 5.65. The van der Waals surface area contributed by atoms with Crippen molar-refractivity contribution in [2.75, 3.05) is 37.4 Å². The van der Waals surface area contributed by atoms with Gasteiger partial charge in [-0.3, -0.25) is 0 Å². The molecule has 1 N–H and O–H groups in total. The summed E-state index contributed by atoms with van der Waals surface area (Å²) in [6.45, 7) is 2.14. The molecule has 0 amide bonds. The van der Waals surface area contributed by atoms with Crippen LogP contribution in [0.25, 0.3) is 0 Å². The third kappa shape index (κ3) is 4.00. The van der Waals surface area contributed by atoms with Crippen LogP contribution in [0.4, 0.5) is 11.4 Å². The molecule has 0 spiro atoms. The highest BCUT2D eigenvalue weighted by Crippen LogP contribution is 2.23. The first-order chi connectivity index (χ1) is 10.6. The van der Waals surface area contributed by atoms with Crippen molar-refractivity contribution >= 4 is 11.4 Å². The Morgan fingerprint density at radius 3 is 2.27 bits per heavy atom. The summed E-state index contributed by atoms with van der Waals surface area (Å²) >= 11 is 0. The molecule has 0 bridgehead atoms. The number of piperidine rings is 1. The molecular formula is C17H21N5. The van der Waals surface area contributed by atoms with Gasteiger partial charge in [0.15, 0.2) is 0 Å². The summed E-state index contributed by atoms with van der Waals surface area (Å²) in [7, 11) is 4.29. The molecule has 1 fully saturated rings. The standard InChI is InChI=1S/C17H21N5/c1-21(2)16-7-9-22(10-8-16)17-5-3-15(4-6-17)20-13-14(11-18)12-19/h3-6,13,16,20H,7-10H2,1-2H3. The summed E-state index contributed by atoms with van der Waals surface area (Å²) in [5.41, 5.74) is 2.15. The maximum atomic E-state index is 8.69. The zero-order valence-electron chi connectivity index (χ0n) is 13.1. The highest BCUT2D eigenvalue weighted by atomic mass is 15.2. The Morgan fingerprint density at radius 2 is 1.77 bits per heavy atom. The molecule has 0 aromatic heterocycles. The van der Waals surface area contributed by atoms with Crippen molar-refractivity contribution in [3.05, 3.63) is 36.0 Å². The van der Waals surface area contributed by atoms with Gasteiger partial charge in [0.25, 0.3) is 0 Å². The Morgan fingerprint density at radius 1 is 1.18 bits per heavy atom. The molecule has 0 saturated carbocycles. The smallest absolute Gasteiger partial charge is 0.145 e. The van der Waals surface area contributed by atoms with Crippen molar-refractivity contribution in [2.45, 2.75) is 18.9 Å². The number of hydrogen-bond acceptors (Lipinski definition) is 5. The number of anilines is 2. The second-order valence-corrected chi connectivity index (χ2v) is 5.65. The van der Waals surface area contributed by atoms with Gasteiger partial charge in [-0.15, -0.1) is 0 Å². The van der Waals surface area contributed by atoms with E-state index in [2.05, 4.69) is 41.3 Å². The third-order valence-electron chi connectivity index (χ3n) is 4.05. The number of hydrogen-bond donors (Lipinski definition) is 1. The van der Waals surface area contributed by atoms with E-state index < -0.39 is 0 Å². The van der Waals surface area contributed by atoms with Gasteiger partial charge < -0.3 is 15.1 Å². The van der Waals surface area contributed by atoms with Crippen LogP contribution in [0.15, 0.2) is 36.0 Å². The summed E-state index contributed by atoms with van der Waals surface area (Å²) < 4.78 is 0. The van der Waals surface area contributed by atoms with Crippen molar-refractivity contribution in [1.82, 2.24) is 4.90 Å². The molecule has 1 saturated heterocycles. The number of benzene rings is 1. The van der Waals surface area contributed by atoms with Gasteiger partial charge in [-0.2, -0.15) is 10.5 Å². The van der Waals surface area contributed by atoms with Gasteiger partial charge in [0.05, 0.1) is 0 Å². The van der Waals surface area contributed by atoms with Crippen molar-refractivity contribution < 1.29 is 0 Å². The minimum absolute atomic E-state index is 0.0647. The lowest BCUT2D eigenvalue weighted by atomic mass is 10.0. The van der Waals surface area contributed by atoms with Crippen LogP contribution in [0.3, 0.4) is 0 Å². The predicted molar refractivity (Wildman–Crippen MR) is 88.3 cm³/mol. The van der Waals surface area contributed by atoms with Crippen LogP contribution < -0.4 is 10.2 Å². The Kier molecular flexibility index (Phi) is 5.41. The van der Waals surface area contributed by atoms with Crippen LogP contribution in [-0.4, -0.2) is 38.1 Å². The molecule has 0 unspecified atom stereocenters. The van der Waals surface area contributed by atoms with E-state index in [1.165, 1.54) is 24.7 Å². The lowest BCUT2D eigenvalue weighted by molar-refractivity contribution is 0.249. The number of rotatable bonds is 4. The summed E-state index contributed by atoms with van der Waals surface area (Å²) in [6, 6.07) is 12.4. The highest BCUT2D eigenvalue weighted by molar-refractivity contribution is 5.57. The fourth-order valence-corrected chi connectivity index (χ4v) is 2.65. The number of nitrogens with zero attached hydrogens (tertiary/aromatic N) is 4. The second kappa shape index (κ2) is 7.49. The Hall–Kier alpha value is -2.50. The van der Waals surface area contributed by atoms with Crippen molar-refractivity contribution in [3.63, 3.8) is 0 Å². The van der Waals surface area contributed by atoms with Gasteiger partial charge in [0, 0.05) is 36.7 Å². The third-order valence-corrected chi connectivity index (χ3v) is 4.05. The number of nitrogens with one attached hydrogen (secondary N) is 1. The topological polar surface area (TPSA) is 66.1 Å². The van der Waals surface area contributed by atoms with E-state index in [0.29, 0.717) is 6.04 Å². The molecule has 1 aromatic carbocycles. The molecule has 22 heavy (non-hydrogen) atoms. The number of nitriles is 2. The van der Waals surface area contributed by atoms with Crippen LogP contribution in [0.2, 0.25) is 0 Å². The minimum atomic E-state index is 0.0647. The normalized spacial score (nSPS) is 15.0. The van der Waals surface area contributed by atoms with Crippen LogP contribution in [-0.2, 0) is 0 Å². The van der Waals surface area contributed by atoms with E-state index in [-0.39, 0.29) is 5.57 Å². The van der Waals surface area contributed by atoms with Gasteiger partial charge >= 0.3 is 0 Å². The Bertz CT molecular complexity index is 579. The molecule has 2 rings (SSSR count). The highest BCUT2D eigenvalue weighted by Gasteiger charge is 2.20. The van der Waals surface area contributed by atoms with E-state index in [1.54, 1.807) is 0 Å². The Labute approximate surface area is 132 Å². The van der Waals surface area contributed by atoms with Crippen molar-refractivity contribution in [1.29, 1.82) is 10.5 Å². The first kappa shape index (κ1) is 15.9. The van der Waals surface area contributed by atoms with E-state index >= 15 is 0 Å². The van der Waals surface area contributed by atoms with Crippen LogP contribution in [0.1, 0.15) is 12.8 Å². The van der Waals surface area contributed by atoms with E-state index in [0.717, 1.165) is 18.8 Å². The minimum Gasteiger partial charge on any atom is -0.371 e. The van der Waals surface area contributed by atoms with E-state index in [4.69, 9.17) is 10.5 Å². The monoisotopic (exact) mass is 295 g/mol. The lowest BCUT2D eigenvalue weighted by Crippen LogP contribution is -2.41. The first-order valence-electron chi connectivity index (χ1n) is 7.42. The zero-order valence-corrected chi connectivity index (χ0v) is 13.1. The van der Waals surface area contributed by atoms with Gasteiger partial charge in [-0.25, -0.2) is 0 Å². The quantitative estimate of drug-likeness (QED) is 0.865. The largest absolute Gasteiger partial charge is 0.371 e. The van der Waals surface area contributed by atoms with Gasteiger partial charge in [-0.1, -0.05) is 0 Å². The molecule has 0 aliphatic carbocycles. The SMILES string of the molecule is CN(C)C1CCN(c2ccc(NC=C(C#N)C#N)cc2)CC1. The maximum absolute atomic E-state index is 8.69. The average molecular weight is 295 g/mol. The molecule has 1 aliphatic rings. The molecule has 0 radical (unpaired) electrons. The molecule has 1 aliphatic heterocycles. The van der Waals surface area contributed by atoms with E-state index in [1.807, 2.05) is 24.3 Å². The zero-order chi connectivity index (χ0) is 15.9. The maximum Gasteiger partial charge on any atom is 0.145 e.